The molecule has 1 fully saturated rings. The van der Waals surface area contributed by atoms with E-state index in [1.807, 2.05) is 0 Å². The zero-order chi connectivity index (χ0) is 11.4. The molecule has 0 saturated carbocycles. The molecule has 1 saturated heterocycles. The number of nitrogens with one attached hydrogen (secondary N) is 1. The minimum Gasteiger partial charge on any atom is -0.394 e. The molecule has 0 spiro atoms. The summed E-state index contributed by atoms with van der Waals surface area (Å²) >= 11 is 0. The Bertz CT molecular complexity index is 335. The van der Waals surface area contributed by atoms with Crippen LogP contribution in [-0.4, -0.2) is 40.4 Å². The lowest BCUT2D eigenvalue weighted by Crippen LogP contribution is -2.47. The standard InChI is InChI=1S/C10H16N4O2/c11-8-5-13-9(6-12-8)14-10(7-15)1-3-16-4-2-10/h5-6,15H,1-4,7H2,(H2,11,12)(H,13,14). The fraction of sp³-hybridized carbons (Fsp3) is 0.600. The summed E-state index contributed by atoms with van der Waals surface area (Å²) in [5.74, 6) is 1.01. The number of aromatic nitrogens is 2. The van der Waals surface area contributed by atoms with Gasteiger partial charge >= 0.3 is 0 Å². The lowest BCUT2D eigenvalue weighted by molar-refractivity contribution is 0.0378. The van der Waals surface area contributed by atoms with E-state index in [-0.39, 0.29) is 12.1 Å². The molecule has 0 atom stereocenters. The van der Waals surface area contributed by atoms with Gasteiger partial charge in [0.15, 0.2) is 0 Å². The van der Waals surface area contributed by atoms with Gasteiger partial charge in [-0.05, 0) is 12.8 Å². The molecule has 0 amide bonds. The molecule has 0 bridgehead atoms. The number of rotatable bonds is 3. The van der Waals surface area contributed by atoms with Crippen LogP contribution >= 0.6 is 0 Å². The Labute approximate surface area is 93.9 Å². The minimum atomic E-state index is -0.344. The van der Waals surface area contributed by atoms with Crippen LogP contribution in [0.2, 0.25) is 0 Å². The lowest BCUT2D eigenvalue weighted by Gasteiger charge is -2.36. The van der Waals surface area contributed by atoms with Gasteiger partial charge in [-0.25, -0.2) is 9.97 Å². The highest BCUT2D eigenvalue weighted by molar-refractivity contribution is 5.39. The van der Waals surface area contributed by atoms with Gasteiger partial charge in [-0.15, -0.1) is 0 Å². The summed E-state index contributed by atoms with van der Waals surface area (Å²) < 4.78 is 5.28. The Balaban J connectivity index is 2.08. The molecule has 88 valence electrons. The van der Waals surface area contributed by atoms with Gasteiger partial charge < -0.3 is 20.9 Å². The average Bonchev–Trinajstić information content (AvgIpc) is 2.33. The van der Waals surface area contributed by atoms with Gasteiger partial charge in [0.2, 0.25) is 0 Å². The summed E-state index contributed by atoms with van der Waals surface area (Å²) in [5.41, 5.74) is 5.11. The molecule has 6 heteroatoms. The number of hydrogen-bond acceptors (Lipinski definition) is 6. The van der Waals surface area contributed by atoms with E-state index in [1.54, 1.807) is 6.20 Å². The van der Waals surface area contributed by atoms with Crippen molar-refractivity contribution >= 4 is 11.6 Å². The zero-order valence-corrected chi connectivity index (χ0v) is 9.02. The van der Waals surface area contributed by atoms with E-state index in [4.69, 9.17) is 10.5 Å². The molecule has 4 N–H and O–H groups in total. The first-order valence-corrected chi connectivity index (χ1v) is 5.28. The summed E-state index contributed by atoms with van der Waals surface area (Å²) in [5, 5.41) is 12.7. The van der Waals surface area contributed by atoms with Crippen LogP contribution in [0.1, 0.15) is 12.8 Å². The maximum atomic E-state index is 9.47. The molecule has 0 unspecified atom stereocenters. The average molecular weight is 224 g/mol. The molecule has 2 rings (SSSR count). The number of ether oxygens (including phenoxy) is 1. The van der Waals surface area contributed by atoms with Crippen LogP contribution in [0.4, 0.5) is 11.6 Å². The third-order valence-corrected chi connectivity index (χ3v) is 2.82. The molecule has 0 aromatic carbocycles. The molecule has 1 aromatic rings. The van der Waals surface area contributed by atoms with E-state index >= 15 is 0 Å². The smallest absolute Gasteiger partial charge is 0.145 e. The summed E-state index contributed by atoms with van der Waals surface area (Å²) in [6, 6.07) is 0. The highest BCUT2D eigenvalue weighted by Crippen LogP contribution is 2.24. The molecular weight excluding hydrogens is 208 g/mol. The molecular formula is C10H16N4O2. The Morgan fingerprint density at radius 1 is 1.38 bits per heavy atom. The molecule has 0 radical (unpaired) electrons. The van der Waals surface area contributed by atoms with Gasteiger partial charge in [0.25, 0.3) is 0 Å². The number of nitrogens with zero attached hydrogens (tertiary/aromatic N) is 2. The Kier molecular flexibility index (Phi) is 3.21. The first-order valence-electron chi connectivity index (χ1n) is 5.28. The van der Waals surface area contributed by atoms with Gasteiger partial charge in [-0.3, -0.25) is 0 Å². The number of aliphatic hydroxyl groups is 1. The van der Waals surface area contributed by atoms with Crippen molar-refractivity contribution in [2.75, 3.05) is 30.9 Å². The third-order valence-electron chi connectivity index (χ3n) is 2.82. The van der Waals surface area contributed by atoms with E-state index < -0.39 is 0 Å². The SMILES string of the molecule is Nc1cnc(NC2(CO)CCOCC2)cn1. The Morgan fingerprint density at radius 2 is 2.12 bits per heavy atom. The van der Waals surface area contributed by atoms with Crippen LogP contribution in [0, 0.1) is 0 Å². The van der Waals surface area contributed by atoms with Crippen LogP contribution in [0.3, 0.4) is 0 Å². The van der Waals surface area contributed by atoms with E-state index in [9.17, 15) is 5.11 Å². The van der Waals surface area contributed by atoms with E-state index in [0.29, 0.717) is 24.8 Å². The highest BCUT2D eigenvalue weighted by atomic mass is 16.5. The predicted molar refractivity (Wildman–Crippen MR) is 59.9 cm³/mol. The van der Waals surface area contributed by atoms with Gasteiger partial charge in [-0.1, -0.05) is 0 Å². The van der Waals surface area contributed by atoms with Gasteiger partial charge in [-0.2, -0.15) is 0 Å². The number of anilines is 2. The van der Waals surface area contributed by atoms with Crippen LogP contribution in [0.5, 0.6) is 0 Å². The van der Waals surface area contributed by atoms with Gasteiger partial charge in [0.05, 0.1) is 24.5 Å². The number of nitrogens with two attached hydrogens (primary N) is 1. The van der Waals surface area contributed by atoms with Crippen molar-refractivity contribution in [3.05, 3.63) is 12.4 Å². The van der Waals surface area contributed by atoms with Gasteiger partial charge in [0, 0.05) is 13.2 Å². The maximum Gasteiger partial charge on any atom is 0.145 e. The predicted octanol–water partition coefficient (Wildman–Crippen LogP) is 0.0122. The Morgan fingerprint density at radius 3 is 2.69 bits per heavy atom. The van der Waals surface area contributed by atoms with Crippen molar-refractivity contribution in [3.63, 3.8) is 0 Å². The normalized spacial score (nSPS) is 19.3. The maximum absolute atomic E-state index is 9.47. The first-order chi connectivity index (χ1) is 7.74. The first kappa shape index (κ1) is 11.1. The second-order valence-electron chi connectivity index (χ2n) is 4.00. The van der Waals surface area contributed by atoms with Crippen LogP contribution in [0.15, 0.2) is 12.4 Å². The fourth-order valence-electron chi connectivity index (χ4n) is 1.76. The second kappa shape index (κ2) is 4.63. The molecule has 1 aromatic heterocycles. The number of aliphatic hydroxyl groups excluding tert-OH is 1. The van der Waals surface area contributed by atoms with Crippen molar-refractivity contribution < 1.29 is 9.84 Å². The summed E-state index contributed by atoms with van der Waals surface area (Å²) in [4.78, 5) is 8.06. The summed E-state index contributed by atoms with van der Waals surface area (Å²) in [7, 11) is 0. The van der Waals surface area contributed by atoms with Crippen LogP contribution < -0.4 is 11.1 Å². The van der Waals surface area contributed by atoms with Crippen molar-refractivity contribution in [2.45, 2.75) is 18.4 Å². The quantitative estimate of drug-likeness (QED) is 0.669. The number of nitrogen functional groups attached to an aromatic ring is 1. The fourth-order valence-corrected chi connectivity index (χ4v) is 1.76. The third kappa shape index (κ3) is 2.40. The van der Waals surface area contributed by atoms with Crippen LogP contribution in [-0.2, 0) is 4.74 Å². The molecule has 0 aliphatic carbocycles. The second-order valence-corrected chi connectivity index (χ2v) is 4.00. The van der Waals surface area contributed by atoms with Crippen molar-refractivity contribution in [1.82, 2.24) is 9.97 Å². The molecule has 1 aliphatic heterocycles. The topological polar surface area (TPSA) is 93.3 Å². The monoisotopic (exact) mass is 224 g/mol. The largest absolute Gasteiger partial charge is 0.394 e. The lowest BCUT2D eigenvalue weighted by atomic mass is 9.91. The molecule has 2 heterocycles. The van der Waals surface area contributed by atoms with Gasteiger partial charge in [0.1, 0.15) is 11.6 Å². The summed E-state index contributed by atoms with van der Waals surface area (Å²) in [6.07, 6.45) is 4.58. The molecule has 16 heavy (non-hydrogen) atoms. The van der Waals surface area contributed by atoms with Crippen molar-refractivity contribution in [1.29, 1.82) is 0 Å². The van der Waals surface area contributed by atoms with E-state index in [0.717, 1.165) is 12.8 Å². The van der Waals surface area contributed by atoms with Crippen LogP contribution in [0.25, 0.3) is 0 Å². The van der Waals surface area contributed by atoms with Crippen molar-refractivity contribution in [3.8, 4) is 0 Å². The molecule has 1 aliphatic rings. The molecule has 6 nitrogen and oxygen atoms in total. The zero-order valence-electron chi connectivity index (χ0n) is 9.02. The van der Waals surface area contributed by atoms with E-state index in [2.05, 4.69) is 15.3 Å². The minimum absolute atomic E-state index is 0.0580. The summed E-state index contributed by atoms with van der Waals surface area (Å²) in [6.45, 7) is 1.36. The van der Waals surface area contributed by atoms with E-state index in [1.165, 1.54) is 6.20 Å². The number of hydrogen-bond donors (Lipinski definition) is 3. The van der Waals surface area contributed by atoms with Crippen molar-refractivity contribution in [2.24, 2.45) is 0 Å². The highest BCUT2D eigenvalue weighted by Gasteiger charge is 2.32. The Hall–Kier alpha value is -1.40.